The van der Waals surface area contributed by atoms with Crippen molar-refractivity contribution in [1.29, 1.82) is 0 Å². The first-order valence-electron chi connectivity index (χ1n) is 6.84. The van der Waals surface area contributed by atoms with Gasteiger partial charge in [0.25, 0.3) is 0 Å². The van der Waals surface area contributed by atoms with Crippen molar-refractivity contribution in [3.8, 4) is 0 Å². The number of rotatable bonds is 3. The van der Waals surface area contributed by atoms with E-state index in [1.807, 2.05) is 24.3 Å². The van der Waals surface area contributed by atoms with Gasteiger partial charge in [-0.25, -0.2) is 8.96 Å². The molecule has 0 unspecified atom stereocenters. The molecule has 1 aliphatic carbocycles. The minimum absolute atomic E-state index is 0.548. The second-order valence-corrected chi connectivity index (χ2v) is 7.83. The highest BCUT2D eigenvalue weighted by Gasteiger charge is 2.21. The Morgan fingerprint density at radius 3 is 2.82 bits per heavy atom. The molecule has 3 rings (SSSR count). The topological polar surface area (TPSA) is 55.2 Å². The zero-order valence-electron chi connectivity index (χ0n) is 12.3. The molecule has 0 atom stereocenters. The van der Waals surface area contributed by atoms with E-state index < -0.39 is 10.2 Å². The van der Waals surface area contributed by atoms with Crippen molar-refractivity contribution < 1.29 is 8.42 Å². The van der Waals surface area contributed by atoms with Crippen LogP contribution in [-0.4, -0.2) is 35.8 Å². The Labute approximate surface area is 135 Å². The summed E-state index contributed by atoms with van der Waals surface area (Å²) in [6.45, 7) is 0. The van der Waals surface area contributed by atoms with Crippen LogP contribution >= 0.6 is 11.6 Å². The highest BCUT2D eigenvalue weighted by molar-refractivity contribution is 7.87. The van der Waals surface area contributed by atoms with E-state index in [9.17, 15) is 8.42 Å². The fourth-order valence-corrected chi connectivity index (χ4v) is 3.66. The Bertz CT molecular complexity index is 853. The van der Waals surface area contributed by atoms with Gasteiger partial charge in [0.2, 0.25) is 0 Å². The number of hydrogen-bond acceptors (Lipinski definition) is 3. The van der Waals surface area contributed by atoms with Crippen molar-refractivity contribution >= 4 is 33.5 Å². The SMILES string of the molecule is CN(C)S(=O)(=O)n1cncc1/C=C1/CCc2cc(Cl)ccc21. The van der Waals surface area contributed by atoms with E-state index in [2.05, 4.69) is 4.98 Å². The highest BCUT2D eigenvalue weighted by atomic mass is 35.5. The first-order valence-corrected chi connectivity index (χ1v) is 8.62. The highest BCUT2D eigenvalue weighted by Crippen LogP contribution is 2.35. The number of fused-ring (bicyclic) bond motifs is 1. The minimum Gasteiger partial charge on any atom is -0.243 e. The second kappa shape index (κ2) is 5.53. The van der Waals surface area contributed by atoms with E-state index >= 15 is 0 Å². The predicted octanol–water partition coefficient (Wildman–Crippen LogP) is 2.68. The third-order valence-electron chi connectivity index (χ3n) is 3.74. The van der Waals surface area contributed by atoms with Gasteiger partial charge in [0, 0.05) is 19.1 Å². The van der Waals surface area contributed by atoms with Crippen molar-refractivity contribution in [2.45, 2.75) is 12.8 Å². The molecule has 1 heterocycles. The first-order chi connectivity index (χ1) is 10.4. The lowest BCUT2D eigenvalue weighted by molar-refractivity contribution is 0.510. The molecule has 0 saturated carbocycles. The van der Waals surface area contributed by atoms with Crippen LogP contribution in [0.5, 0.6) is 0 Å². The summed E-state index contributed by atoms with van der Waals surface area (Å²) in [6.07, 6.45) is 6.54. The van der Waals surface area contributed by atoms with Crippen LogP contribution in [0.1, 0.15) is 23.2 Å². The van der Waals surface area contributed by atoms with Crippen molar-refractivity contribution in [3.05, 3.63) is 52.6 Å². The monoisotopic (exact) mass is 337 g/mol. The van der Waals surface area contributed by atoms with Crippen LogP contribution in [0.15, 0.2) is 30.7 Å². The van der Waals surface area contributed by atoms with Gasteiger partial charge in [-0.05, 0) is 47.8 Å². The molecule has 2 aromatic rings. The Hall–Kier alpha value is -1.63. The maximum Gasteiger partial charge on any atom is 0.308 e. The molecule has 0 radical (unpaired) electrons. The number of nitrogens with zero attached hydrogens (tertiary/aromatic N) is 3. The molecule has 1 aromatic heterocycles. The minimum atomic E-state index is -3.57. The van der Waals surface area contributed by atoms with Crippen LogP contribution in [-0.2, 0) is 16.6 Å². The summed E-state index contributed by atoms with van der Waals surface area (Å²) in [5.41, 5.74) is 3.97. The number of aromatic nitrogens is 2. The lowest BCUT2D eigenvalue weighted by atomic mass is 10.1. The summed E-state index contributed by atoms with van der Waals surface area (Å²) in [6, 6.07) is 5.80. The molecule has 0 fully saturated rings. The second-order valence-electron chi connectivity index (χ2n) is 5.38. The third-order valence-corrected chi connectivity index (χ3v) is 5.70. The maximum atomic E-state index is 12.3. The zero-order chi connectivity index (χ0) is 15.9. The van der Waals surface area contributed by atoms with Gasteiger partial charge in [-0.3, -0.25) is 0 Å². The quantitative estimate of drug-likeness (QED) is 0.865. The van der Waals surface area contributed by atoms with Crippen LogP contribution in [0.2, 0.25) is 5.02 Å². The molecule has 22 heavy (non-hydrogen) atoms. The summed E-state index contributed by atoms with van der Waals surface area (Å²) in [5, 5.41) is 0.722. The first kappa shape index (κ1) is 15.3. The third kappa shape index (κ3) is 2.58. The van der Waals surface area contributed by atoms with E-state index in [0.717, 1.165) is 29.0 Å². The summed E-state index contributed by atoms with van der Waals surface area (Å²) in [5.74, 6) is 0. The predicted molar refractivity (Wildman–Crippen MR) is 87.9 cm³/mol. The van der Waals surface area contributed by atoms with Crippen molar-refractivity contribution in [2.24, 2.45) is 0 Å². The fourth-order valence-electron chi connectivity index (χ4n) is 2.58. The maximum absolute atomic E-state index is 12.3. The van der Waals surface area contributed by atoms with E-state index in [-0.39, 0.29) is 0 Å². The molecule has 0 bridgehead atoms. The van der Waals surface area contributed by atoms with Crippen molar-refractivity contribution in [2.75, 3.05) is 14.1 Å². The number of benzene rings is 1. The van der Waals surface area contributed by atoms with E-state index in [0.29, 0.717) is 5.69 Å². The van der Waals surface area contributed by atoms with Gasteiger partial charge in [-0.15, -0.1) is 0 Å². The molecule has 5 nitrogen and oxygen atoms in total. The molecule has 0 spiro atoms. The fraction of sp³-hybridized carbons (Fsp3) is 0.267. The summed E-state index contributed by atoms with van der Waals surface area (Å²) in [7, 11) is -0.570. The molecular formula is C15H16ClN3O2S. The van der Waals surface area contributed by atoms with E-state index in [4.69, 9.17) is 11.6 Å². The lowest BCUT2D eigenvalue weighted by Gasteiger charge is -2.13. The molecule has 0 saturated heterocycles. The Morgan fingerprint density at radius 2 is 2.09 bits per heavy atom. The van der Waals surface area contributed by atoms with Crippen molar-refractivity contribution in [3.63, 3.8) is 0 Å². The van der Waals surface area contributed by atoms with E-state index in [1.165, 1.54) is 34.3 Å². The van der Waals surface area contributed by atoms with Crippen LogP contribution < -0.4 is 0 Å². The van der Waals surface area contributed by atoms with Gasteiger partial charge in [0.05, 0.1) is 11.9 Å². The van der Waals surface area contributed by atoms with Crippen LogP contribution in [0, 0.1) is 0 Å². The van der Waals surface area contributed by atoms with Crippen LogP contribution in [0.3, 0.4) is 0 Å². The van der Waals surface area contributed by atoms with Crippen LogP contribution in [0.25, 0.3) is 11.6 Å². The number of hydrogen-bond donors (Lipinski definition) is 0. The zero-order valence-corrected chi connectivity index (χ0v) is 13.9. The molecule has 0 N–H and O–H groups in total. The number of imidazole rings is 1. The average Bonchev–Trinajstić information content (AvgIpc) is 3.06. The van der Waals surface area contributed by atoms with Gasteiger partial charge < -0.3 is 0 Å². The molecule has 0 amide bonds. The van der Waals surface area contributed by atoms with Gasteiger partial charge in [-0.1, -0.05) is 17.7 Å². The van der Waals surface area contributed by atoms with E-state index in [1.54, 1.807) is 6.20 Å². The number of aryl methyl sites for hydroxylation is 1. The Balaban J connectivity index is 2.05. The molecule has 0 aliphatic heterocycles. The Kier molecular flexibility index (Phi) is 3.84. The summed E-state index contributed by atoms with van der Waals surface area (Å²) in [4.78, 5) is 3.97. The number of halogens is 1. The molecular weight excluding hydrogens is 322 g/mol. The summed E-state index contributed by atoms with van der Waals surface area (Å²) < 4.78 is 26.9. The molecule has 116 valence electrons. The number of allylic oxidation sites excluding steroid dienone is 1. The van der Waals surface area contributed by atoms with Crippen molar-refractivity contribution in [1.82, 2.24) is 13.3 Å². The molecule has 7 heteroatoms. The standard InChI is InChI=1S/C15H16ClN3O2S/c1-18(2)22(20,21)19-10-17-9-14(19)8-12-4-3-11-7-13(16)5-6-15(11)12/h5-10H,3-4H2,1-2H3/b12-8-. The van der Waals surface area contributed by atoms with Crippen LogP contribution in [0.4, 0.5) is 0 Å². The lowest BCUT2D eigenvalue weighted by Crippen LogP contribution is -2.29. The van der Waals surface area contributed by atoms with Gasteiger partial charge in [0.15, 0.2) is 0 Å². The smallest absolute Gasteiger partial charge is 0.243 e. The average molecular weight is 338 g/mol. The van der Waals surface area contributed by atoms with Gasteiger partial charge >= 0.3 is 10.2 Å². The summed E-state index contributed by atoms with van der Waals surface area (Å²) >= 11 is 6.02. The van der Waals surface area contributed by atoms with Gasteiger partial charge in [0.1, 0.15) is 6.33 Å². The molecule has 1 aliphatic rings. The molecule has 1 aromatic carbocycles. The van der Waals surface area contributed by atoms with Gasteiger partial charge in [-0.2, -0.15) is 12.7 Å². The Morgan fingerprint density at radius 1 is 1.32 bits per heavy atom. The largest absolute Gasteiger partial charge is 0.308 e. The normalized spacial score (nSPS) is 16.5.